The molecule has 0 spiro atoms. The molecule has 0 amide bonds. The van der Waals surface area contributed by atoms with E-state index in [-0.39, 0.29) is 0 Å². The zero-order valence-corrected chi connectivity index (χ0v) is 15.1. The molecule has 1 aliphatic heterocycles. The van der Waals surface area contributed by atoms with Crippen molar-refractivity contribution in [2.75, 3.05) is 6.61 Å². The normalized spacial score (nSPS) is 20.2. The molecule has 1 fully saturated rings. The summed E-state index contributed by atoms with van der Waals surface area (Å²) in [7, 11) is 0. The van der Waals surface area contributed by atoms with Crippen LogP contribution in [0.3, 0.4) is 0 Å². The highest BCUT2D eigenvalue weighted by Gasteiger charge is 2.45. The molecule has 26 heavy (non-hydrogen) atoms. The van der Waals surface area contributed by atoms with E-state index < -0.39 is 11.4 Å². The lowest BCUT2D eigenvalue weighted by Crippen LogP contribution is -2.42. The van der Waals surface area contributed by atoms with Crippen LogP contribution in [0.5, 0.6) is 0 Å². The first kappa shape index (κ1) is 17.0. The molecule has 3 aromatic rings. The van der Waals surface area contributed by atoms with E-state index in [1.807, 2.05) is 18.2 Å². The molecule has 1 heterocycles. The maximum Gasteiger partial charge on any atom is 0.167 e. The van der Waals surface area contributed by atoms with Crippen LogP contribution in [0.4, 0.5) is 0 Å². The van der Waals surface area contributed by atoms with Gasteiger partial charge in [-0.25, -0.2) is 0 Å². The van der Waals surface area contributed by atoms with Gasteiger partial charge in [-0.1, -0.05) is 91.0 Å². The number of ether oxygens (including phenoxy) is 2. The molecule has 0 saturated carbocycles. The van der Waals surface area contributed by atoms with Gasteiger partial charge in [0.25, 0.3) is 0 Å². The maximum atomic E-state index is 6.92. The standard InChI is InChI=1S/C24H24O2/c1-23(18-11-19-25-23)26-24(20-12-5-2-6-13-20,21-14-7-3-8-15-21)22-16-9-4-10-17-22/h2-10,12-17H,11,18-19H2,1H3. The summed E-state index contributed by atoms with van der Waals surface area (Å²) in [6, 6.07) is 31.3. The lowest BCUT2D eigenvalue weighted by molar-refractivity contribution is -0.241. The number of hydrogen-bond donors (Lipinski definition) is 0. The summed E-state index contributed by atoms with van der Waals surface area (Å²) >= 11 is 0. The minimum absolute atomic E-state index is 0.610. The molecule has 0 aromatic heterocycles. The largest absolute Gasteiger partial charge is 0.350 e. The molecule has 1 aliphatic rings. The van der Waals surface area contributed by atoms with Gasteiger partial charge in [-0.3, -0.25) is 0 Å². The second-order valence-corrected chi connectivity index (χ2v) is 6.97. The van der Waals surface area contributed by atoms with E-state index >= 15 is 0 Å². The second-order valence-electron chi connectivity index (χ2n) is 6.97. The van der Waals surface area contributed by atoms with Crippen molar-refractivity contribution in [3.8, 4) is 0 Å². The predicted molar refractivity (Wildman–Crippen MR) is 104 cm³/mol. The number of benzene rings is 3. The molecule has 132 valence electrons. The fourth-order valence-electron chi connectivity index (χ4n) is 3.85. The average Bonchev–Trinajstić information content (AvgIpc) is 3.14. The molecule has 0 aliphatic carbocycles. The molecule has 1 saturated heterocycles. The van der Waals surface area contributed by atoms with Crippen molar-refractivity contribution in [2.24, 2.45) is 0 Å². The molecule has 1 unspecified atom stereocenters. The van der Waals surface area contributed by atoms with Crippen LogP contribution in [-0.2, 0) is 15.1 Å². The van der Waals surface area contributed by atoms with Crippen LogP contribution in [0.25, 0.3) is 0 Å². The van der Waals surface area contributed by atoms with Crippen molar-refractivity contribution >= 4 is 0 Å². The van der Waals surface area contributed by atoms with Crippen molar-refractivity contribution < 1.29 is 9.47 Å². The fraction of sp³-hybridized carbons (Fsp3) is 0.250. The highest BCUT2D eigenvalue weighted by Crippen LogP contribution is 2.45. The first-order valence-corrected chi connectivity index (χ1v) is 9.24. The van der Waals surface area contributed by atoms with Crippen molar-refractivity contribution in [3.05, 3.63) is 108 Å². The summed E-state index contributed by atoms with van der Waals surface area (Å²) in [6.07, 6.45) is 1.91. The van der Waals surface area contributed by atoms with Gasteiger partial charge in [0.2, 0.25) is 0 Å². The van der Waals surface area contributed by atoms with Gasteiger partial charge >= 0.3 is 0 Å². The van der Waals surface area contributed by atoms with E-state index in [1.165, 1.54) is 0 Å². The van der Waals surface area contributed by atoms with Crippen molar-refractivity contribution in [2.45, 2.75) is 31.2 Å². The van der Waals surface area contributed by atoms with Gasteiger partial charge < -0.3 is 9.47 Å². The molecular weight excluding hydrogens is 320 g/mol. The van der Waals surface area contributed by atoms with E-state index in [2.05, 4.69) is 79.7 Å². The van der Waals surface area contributed by atoms with Crippen LogP contribution in [0.2, 0.25) is 0 Å². The van der Waals surface area contributed by atoms with Crippen LogP contribution in [0, 0.1) is 0 Å². The average molecular weight is 344 g/mol. The minimum atomic E-state index is -0.719. The lowest BCUT2D eigenvalue weighted by Gasteiger charge is -2.41. The van der Waals surface area contributed by atoms with E-state index in [9.17, 15) is 0 Å². The molecule has 0 N–H and O–H groups in total. The molecule has 4 rings (SSSR count). The van der Waals surface area contributed by atoms with Crippen molar-refractivity contribution in [1.82, 2.24) is 0 Å². The molecule has 0 radical (unpaired) electrons. The highest BCUT2D eigenvalue weighted by molar-refractivity contribution is 5.47. The summed E-state index contributed by atoms with van der Waals surface area (Å²) in [5.41, 5.74) is 2.60. The molecule has 1 atom stereocenters. The SMILES string of the molecule is CC1(OC(c2ccccc2)(c2ccccc2)c2ccccc2)CCCO1. The first-order valence-electron chi connectivity index (χ1n) is 9.24. The number of rotatable bonds is 5. The second kappa shape index (κ2) is 7.06. The Kier molecular flexibility index (Phi) is 4.62. The Balaban J connectivity index is 1.97. The van der Waals surface area contributed by atoms with Crippen molar-refractivity contribution in [1.29, 1.82) is 0 Å². The van der Waals surface area contributed by atoms with Gasteiger partial charge in [-0.05, 0) is 30.0 Å². The van der Waals surface area contributed by atoms with E-state index in [1.54, 1.807) is 0 Å². The third-order valence-electron chi connectivity index (χ3n) is 5.09. The van der Waals surface area contributed by atoms with Crippen LogP contribution in [-0.4, -0.2) is 12.4 Å². The quantitative estimate of drug-likeness (QED) is 0.567. The molecule has 3 aromatic carbocycles. The summed E-state index contributed by atoms with van der Waals surface area (Å²) in [6.45, 7) is 2.80. The van der Waals surface area contributed by atoms with Crippen molar-refractivity contribution in [3.63, 3.8) is 0 Å². The third-order valence-corrected chi connectivity index (χ3v) is 5.09. The van der Waals surface area contributed by atoms with E-state index in [0.717, 1.165) is 36.1 Å². The first-order chi connectivity index (χ1) is 12.7. The van der Waals surface area contributed by atoms with Crippen LogP contribution in [0.15, 0.2) is 91.0 Å². The van der Waals surface area contributed by atoms with E-state index in [4.69, 9.17) is 9.47 Å². The Morgan fingerprint density at radius 2 is 1.15 bits per heavy atom. The Hall–Kier alpha value is -2.42. The van der Waals surface area contributed by atoms with Gasteiger partial charge in [0.1, 0.15) is 5.60 Å². The highest BCUT2D eigenvalue weighted by atomic mass is 16.7. The zero-order valence-electron chi connectivity index (χ0n) is 15.1. The molecule has 2 heteroatoms. The minimum Gasteiger partial charge on any atom is -0.350 e. The smallest absolute Gasteiger partial charge is 0.167 e. The predicted octanol–water partition coefficient (Wildman–Crippen LogP) is 5.52. The van der Waals surface area contributed by atoms with Crippen LogP contribution < -0.4 is 0 Å². The summed E-state index contributed by atoms with van der Waals surface area (Å²) in [5, 5.41) is 0. The van der Waals surface area contributed by atoms with E-state index in [0.29, 0.717) is 0 Å². The monoisotopic (exact) mass is 344 g/mol. The fourth-order valence-corrected chi connectivity index (χ4v) is 3.85. The molecule has 2 nitrogen and oxygen atoms in total. The molecule has 0 bridgehead atoms. The van der Waals surface area contributed by atoms with Gasteiger partial charge in [-0.15, -0.1) is 0 Å². The van der Waals surface area contributed by atoms with Gasteiger partial charge in [0.15, 0.2) is 5.79 Å². The third kappa shape index (κ3) is 3.07. The Morgan fingerprint density at radius 1 is 0.731 bits per heavy atom. The Labute approximate surface area is 155 Å². The summed E-state index contributed by atoms with van der Waals surface area (Å²) in [4.78, 5) is 0. The van der Waals surface area contributed by atoms with Gasteiger partial charge in [0.05, 0.1) is 6.61 Å². The zero-order chi connectivity index (χ0) is 17.9. The number of hydrogen-bond acceptors (Lipinski definition) is 2. The lowest BCUT2D eigenvalue weighted by atomic mass is 9.79. The van der Waals surface area contributed by atoms with Gasteiger partial charge in [0, 0.05) is 6.42 Å². The van der Waals surface area contributed by atoms with Crippen LogP contribution in [0.1, 0.15) is 36.5 Å². The summed E-state index contributed by atoms with van der Waals surface area (Å²) in [5.74, 6) is -0.610. The summed E-state index contributed by atoms with van der Waals surface area (Å²) < 4.78 is 13.0. The Bertz CT molecular complexity index is 725. The molecular formula is C24H24O2. The van der Waals surface area contributed by atoms with Crippen LogP contribution >= 0.6 is 0 Å². The topological polar surface area (TPSA) is 18.5 Å². The maximum absolute atomic E-state index is 6.92. The Morgan fingerprint density at radius 3 is 1.50 bits per heavy atom. The van der Waals surface area contributed by atoms with Gasteiger partial charge in [-0.2, -0.15) is 0 Å².